The fourth-order valence-corrected chi connectivity index (χ4v) is 2.26. The molecule has 0 fully saturated rings. The molecule has 2 rings (SSSR count). The van der Waals surface area contributed by atoms with Gasteiger partial charge in [-0.3, -0.25) is 14.4 Å². The van der Waals surface area contributed by atoms with Crippen molar-refractivity contribution >= 4 is 33.4 Å². The number of ether oxygens (including phenoxy) is 1. The number of methoxy groups -OCH3 is 1. The van der Waals surface area contributed by atoms with Crippen molar-refractivity contribution in [1.29, 1.82) is 0 Å². The highest BCUT2D eigenvalue weighted by Crippen LogP contribution is 2.17. The van der Waals surface area contributed by atoms with Crippen molar-refractivity contribution in [1.82, 2.24) is 0 Å². The van der Waals surface area contributed by atoms with Crippen molar-refractivity contribution in [2.24, 2.45) is 5.16 Å². The number of oxime groups is 1. The Kier molecular flexibility index (Phi) is 4.91. The molecule has 0 atom stereocenters. The Bertz CT molecular complexity index is 788. The van der Waals surface area contributed by atoms with E-state index in [9.17, 15) is 18.0 Å². The predicted octanol–water partition coefficient (Wildman–Crippen LogP) is 1.62. The molecule has 1 aromatic rings. The number of allylic oxidation sites excluding steroid dienone is 4. The lowest BCUT2D eigenvalue weighted by Crippen LogP contribution is -2.11. The van der Waals surface area contributed by atoms with Gasteiger partial charge in [-0.25, -0.2) is 4.79 Å². The molecule has 1 amide bonds. The summed E-state index contributed by atoms with van der Waals surface area (Å²) in [6.45, 7) is 0. The summed E-state index contributed by atoms with van der Waals surface area (Å²) in [5.41, 5.74) is 0.552. The van der Waals surface area contributed by atoms with E-state index in [4.69, 9.17) is 0 Å². The van der Waals surface area contributed by atoms with E-state index in [-0.39, 0.29) is 16.4 Å². The Hall–Kier alpha value is -2.94. The first-order valence-electron chi connectivity index (χ1n) is 6.27. The Morgan fingerprint density at radius 2 is 1.70 bits per heavy atom. The molecule has 1 aromatic carbocycles. The molecule has 0 heterocycles. The molecule has 0 saturated heterocycles. The topological polar surface area (TPSA) is 111 Å². The number of anilines is 1. The number of ketones is 1. The van der Waals surface area contributed by atoms with Crippen LogP contribution in [0.3, 0.4) is 0 Å². The minimum atomic E-state index is -4.11. The highest BCUT2D eigenvalue weighted by atomic mass is 32.2. The molecule has 23 heavy (non-hydrogen) atoms. The zero-order valence-electron chi connectivity index (χ0n) is 11.9. The van der Waals surface area contributed by atoms with Crippen LogP contribution in [0.4, 0.5) is 10.5 Å². The van der Waals surface area contributed by atoms with Gasteiger partial charge < -0.3 is 4.74 Å². The lowest BCUT2D eigenvalue weighted by atomic mass is 10.2. The second-order valence-corrected chi connectivity index (χ2v) is 5.78. The van der Waals surface area contributed by atoms with Crippen molar-refractivity contribution in [3.05, 3.63) is 48.6 Å². The van der Waals surface area contributed by atoms with Crippen molar-refractivity contribution in [2.75, 3.05) is 12.4 Å². The van der Waals surface area contributed by atoms with E-state index in [0.717, 1.165) is 0 Å². The third kappa shape index (κ3) is 4.51. The number of hydrogen-bond acceptors (Lipinski definition) is 7. The summed E-state index contributed by atoms with van der Waals surface area (Å²) in [4.78, 5) is 21.8. The van der Waals surface area contributed by atoms with Gasteiger partial charge in [0, 0.05) is 5.69 Å². The first kappa shape index (κ1) is 16.4. The molecule has 1 aliphatic rings. The summed E-state index contributed by atoms with van der Waals surface area (Å²) in [6, 6.07) is 5.24. The van der Waals surface area contributed by atoms with Gasteiger partial charge in [-0.1, -0.05) is 5.16 Å². The highest BCUT2D eigenvalue weighted by molar-refractivity contribution is 7.86. The average Bonchev–Trinajstić information content (AvgIpc) is 2.55. The normalized spacial score (nSPS) is 13.6. The number of benzene rings is 1. The number of rotatable bonds is 4. The van der Waals surface area contributed by atoms with Crippen LogP contribution >= 0.6 is 0 Å². The first-order chi connectivity index (χ1) is 10.9. The Morgan fingerprint density at radius 1 is 1.09 bits per heavy atom. The van der Waals surface area contributed by atoms with E-state index >= 15 is 0 Å². The van der Waals surface area contributed by atoms with Crippen molar-refractivity contribution in [3.8, 4) is 0 Å². The number of carbonyl (C=O) groups excluding carboxylic acids is 2. The fourth-order valence-electron chi connectivity index (χ4n) is 1.52. The molecule has 0 aliphatic heterocycles. The van der Waals surface area contributed by atoms with Crippen LogP contribution < -0.4 is 5.32 Å². The van der Waals surface area contributed by atoms with E-state index in [1.54, 1.807) is 0 Å². The van der Waals surface area contributed by atoms with Gasteiger partial charge in [-0.15, -0.1) is 0 Å². The van der Waals surface area contributed by atoms with Crippen LogP contribution in [0.15, 0.2) is 58.6 Å². The van der Waals surface area contributed by atoms with E-state index in [1.807, 2.05) is 0 Å². The average molecular weight is 336 g/mol. The van der Waals surface area contributed by atoms with Crippen LogP contribution in [-0.2, 0) is 23.9 Å². The van der Waals surface area contributed by atoms with Gasteiger partial charge in [-0.05, 0) is 48.6 Å². The molecule has 0 bridgehead atoms. The lowest BCUT2D eigenvalue weighted by Gasteiger charge is -2.05. The van der Waals surface area contributed by atoms with Crippen molar-refractivity contribution in [3.63, 3.8) is 0 Å². The maximum atomic E-state index is 12.0. The third-order valence-corrected chi connectivity index (χ3v) is 3.77. The van der Waals surface area contributed by atoms with E-state index in [0.29, 0.717) is 5.69 Å². The SMILES string of the molecule is COC(=O)Nc1ccc(S(=O)(=O)ON=C2C=CC(=O)C=C2)cc1. The summed E-state index contributed by atoms with van der Waals surface area (Å²) in [6.07, 6.45) is 4.47. The molecule has 120 valence electrons. The molecule has 0 spiro atoms. The van der Waals surface area contributed by atoms with Gasteiger partial charge in [0.15, 0.2) is 5.78 Å². The molecule has 1 N–H and O–H groups in total. The van der Waals surface area contributed by atoms with Crippen LogP contribution in [0.2, 0.25) is 0 Å². The zero-order valence-corrected chi connectivity index (χ0v) is 12.7. The van der Waals surface area contributed by atoms with Crippen molar-refractivity contribution < 1.29 is 27.0 Å². The molecule has 1 aliphatic carbocycles. The molecule has 0 radical (unpaired) electrons. The Labute approximate surface area is 132 Å². The highest BCUT2D eigenvalue weighted by Gasteiger charge is 2.16. The third-order valence-electron chi connectivity index (χ3n) is 2.65. The van der Waals surface area contributed by atoms with Gasteiger partial charge in [-0.2, -0.15) is 8.42 Å². The second kappa shape index (κ2) is 6.88. The summed E-state index contributed by atoms with van der Waals surface area (Å²) in [5, 5.41) is 5.85. The predicted molar refractivity (Wildman–Crippen MR) is 81.5 cm³/mol. The molecular formula is C14H12N2O6S. The maximum Gasteiger partial charge on any atom is 0.411 e. The molecular weight excluding hydrogens is 324 g/mol. The maximum absolute atomic E-state index is 12.0. The zero-order chi connectivity index (χ0) is 16.9. The largest absolute Gasteiger partial charge is 0.453 e. The van der Waals surface area contributed by atoms with Gasteiger partial charge in [0.1, 0.15) is 10.6 Å². The molecule has 9 heteroatoms. The van der Waals surface area contributed by atoms with Crippen LogP contribution in [0.1, 0.15) is 0 Å². The van der Waals surface area contributed by atoms with E-state index in [1.165, 1.54) is 55.7 Å². The summed E-state index contributed by atoms with van der Waals surface area (Å²) in [7, 11) is -2.90. The second-order valence-electron chi connectivity index (χ2n) is 4.25. The minimum absolute atomic E-state index is 0.142. The number of nitrogens with zero attached hydrogens (tertiary/aromatic N) is 1. The monoisotopic (exact) mass is 336 g/mol. The summed E-state index contributed by atoms with van der Waals surface area (Å²) in [5.74, 6) is -0.222. The Morgan fingerprint density at radius 3 is 2.26 bits per heavy atom. The molecule has 0 saturated carbocycles. The number of carbonyl (C=O) groups is 2. The van der Waals surface area contributed by atoms with Crippen LogP contribution in [0.5, 0.6) is 0 Å². The molecule has 8 nitrogen and oxygen atoms in total. The number of hydrogen-bond donors (Lipinski definition) is 1. The van der Waals surface area contributed by atoms with Crippen LogP contribution in [0, 0.1) is 0 Å². The lowest BCUT2D eigenvalue weighted by molar-refractivity contribution is -0.110. The van der Waals surface area contributed by atoms with E-state index < -0.39 is 16.2 Å². The van der Waals surface area contributed by atoms with Crippen molar-refractivity contribution in [2.45, 2.75) is 4.90 Å². The van der Waals surface area contributed by atoms with Gasteiger partial charge in [0.2, 0.25) is 0 Å². The summed E-state index contributed by atoms with van der Waals surface area (Å²) >= 11 is 0. The first-order valence-corrected chi connectivity index (χ1v) is 7.68. The number of nitrogens with one attached hydrogen (secondary N) is 1. The fraction of sp³-hybridized carbons (Fsp3) is 0.0714. The standard InChI is InChI=1S/C14H12N2O6S/c1-21-14(18)15-10-4-8-13(9-5-10)23(19,20)22-16-11-2-6-12(17)7-3-11/h2-9H,1H3,(H,15,18). The number of amides is 1. The van der Waals surface area contributed by atoms with E-state index in [2.05, 4.69) is 19.5 Å². The van der Waals surface area contributed by atoms with Gasteiger partial charge in [0.25, 0.3) is 0 Å². The van der Waals surface area contributed by atoms with Gasteiger partial charge in [0.05, 0.1) is 7.11 Å². The van der Waals surface area contributed by atoms with Gasteiger partial charge >= 0.3 is 16.2 Å². The minimum Gasteiger partial charge on any atom is -0.453 e. The quantitative estimate of drug-likeness (QED) is 0.660. The summed E-state index contributed by atoms with van der Waals surface area (Å²) < 4.78 is 32.9. The molecule has 0 aromatic heterocycles. The van der Waals surface area contributed by atoms with Crippen LogP contribution in [-0.4, -0.2) is 33.1 Å². The molecule has 0 unspecified atom stereocenters. The van der Waals surface area contributed by atoms with Crippen LogP contribution in [0.25, 0.3) is 0 Å². The Balaban J connectivity index is 2.09. The smallest absolute Gasteiger partial charge is 0.411 e.